The van der Waals surface area contributed by atoms with Crippen LogP contribution in [0.4, 0.5) is 13.2 Å². The Hall–Kier alpha value is -2.09. The van der Waals surface area contributed by atoms with Crippen LogP contribution < -0.4 is 5.32 Å². The van der Waals surface area contributed by atoms with Crippen molar-refractivity contribution in [1.82, 2.24) is 15.3 Å². The Balaban J connectivity index is 1.68. The van der Waals surface area contributed by atoms with Crippen LogP contribution in [0.3, 0.4) is 0 Å². The summed E-state index contributed by atoms with van der Waals surface area (Å²) < 4.78 is 39.3. The minimum atomic E-state index is -4.64. The zero-order valence-electron chi connectivity index (χ0n) is 15.6. The first-order chi connectivity index (χ1) is 13.3. The van der Waals surface area contributed by atoms with Gasteiger partial charge < -0.3 is 5.32 Å². The van der Waals surface area contributed by atoms with E-state index < -0.39 is 17.3 Å². The van der Waals surface area contributed by atoms with Crippen LogP contribution in [0, 0.1) is 0 Å². The molecule has 28 heavy (non-hydrogen) atoms. The monoisotopic (exact) mass is 409 g/mol. The van der Waals surface area contributed by atoms with E-state index in [0.29, 0.717) is 11.9 Å². The third-order valence-electron chi connectivity index (χ3n) is 4.61. The molecular weight excluding hydrogens is 387 g/mol. The number of carbonyl (C=O) groups excluding carboxylic acids is 1. The number of alkyl halides is 3. The number of amides is 1. The molecule has 1 atom stereocenters. The lowest BCUT2D eigenvalue weighted by Crippen LogP contribution is -2.32. The molecule has 150 valence electrons. The maximum absolute atomic E-state index is 13.1. The second-order valence-electron chi connectivity index (χ2n) is 6.78. The zero-order chi connectivity index (χ0) is 20.1. The number of halogens is 3. The normalized spacial score (nSPS) is 15.9. The lowest BCUT2D eigenvalue weighted by atomic mass is 9.97. The fraction of sp³-hybridized carbons (Fsp3) is 0.450. The average Bonchev–Trinajstić information content (AvgIpc) is 2.68. The minimum Gasteiger partial charge on any atom is -0.355 e. The Labute approximate surface area is 166 Å². The summed E-state index contributed by atoms with van der Waals surface area (Å²) >= 11 is 1.02. The highest BCUT2D eigenvalue weighted by Gasteiger charge is 2.35. The molecule has 0 bridgehead atoms. The summed E-state index contributed by atoms with van der Waals surface area (Å²) in [6.07, 6.45) is 2.99. The summed E-state index contributed by atoms with van der Waals surface area (Å²) in [5.74, 6) is -1.40. The average molecular weight is 409 g/mol. The van der Waals surface area contributed by atoms with E-state index in [0.717, 1.165) is 31.0 Å². The van der Waals surface area contributed by atoms with Crippen LogP contribution in [0.1, 0.15) is 44.9 Å². The van der Waals surface area contributed by atoms with Crippen molar-refractivity contribution in [1.29, 1.82) is 0 Å². The maximum atomic E-state index is 13.1. The van der Waals surface area contributed by atoms with Crippen molar-refractivity contribution in [2.24, 2.45) is 0 Å². The molecule has 8 heteroatoms. The van der Waals surface area contributed by atoms with E-state index in [9.17, 15) is 18.0 Å². The number of nitrogens with one attached hydrogen (secondary N) is 1. The Bertz CT molecular complexity index is 883. The van der Waals surface area contributed by atoms with Crippen molar-refractivity contribution in [3.8, 4) is 0 Å². The van der Waals surface area contributed by atoms with Crippen molar-refractivity contribution in [2.75, 3.05) is 6.54 Å². The van der Waals surface area contributed by atoms with Crippen molar-refractivity contribution < 1.29 is 18.0 Å². The van der Waals surface area contributed by atoms with Gasteiger partial charge in [-0.2, -0.15) is 13.2 Å². The number of aromatic nitrogens is 2. The molecule has 1 aliphatic carbocycles. The summed E-state index contributed by atoms with van der Waals surface area (Å²) in [6, 6.07) is 6.52. The van der Waals surface area contributed by atoms with Crippen molar-refractivity contribution in [3.05, 3.63) is 41.7 Å². The summed E-state index contributed by atoms with van der Waals surface area (Å²) in [5, 5.41) is 2.98. The molecule has 3 rings (SSSR count). The number of hydrogen-bond donors (Lipinski definition) is 1. The van der Waals surface area contributed by atoms with Crippen molar-refractivity contribution in [3.63, 3.8) is 0 Å². The molecule has 0 fully saturated rings. The lowest BCUT2D eigenvalue weighted by molar-refractivity contribution is -0.145. The van der Waals surface area contributed by atoms with E-state index in [4.69, 9.17) is 0 Å². The van der Waals surface area contributed by atoms with Crippen molar-refractivity contribution >= 4 is 28.6 Å². The topological polar surface area (TPSA) is 54.9 Å². The molecule has 0 aliphatic heterocycles. The number of hydrogen-bond acceptors (Lipinski definition) is 4. The second kappa shape index (κ2) is 8.94. The van der Waals surface area contributed by atoms with Gasteiger partial charge in [-0.05, 0) is 45.1 Å². The highest BCUT2D eigenvalue weighted by atomic mass is 32.2. The largest absolute Gasteiger partial charge is 0.451 e. The Morgan fingerprint density at radius 1 is 1.25 bits per heavy atom. The van der Waals surface area contributed by atoms with Gasteiger partial charge in [0.15, 0.2) is 0 Å². The van der Waals surface area contributed by atoms with Crippen molar-refractivity contribution in [2.45, 2.75) is 55.5 Å². The molecule has 0 spiro atoms. The first kappa shape index (κ1) is 20.6. The molecule has 1 aromatic carbocycles. The molecule has 0 radical (unpaired) electrons. The van der Waals surface area contributed by atoms with E-state index in [1.807, 2.05) is 0 Å². The van der Waals surface area contributed by atoms with Gasteiger partial charge in [-0.15, -0.1) is 0 Å². The van der Waals surface area contributed by atoms with Gasteiger partial charge in [0.05, 0.1) is 10.8 Å². The molecule has 0 unspecified atom stereocenters. The summed E-state index contributed by atoms with van der Waals surface area (Å²) in [6.45, 7) is 2.21. The number of fused-ring (bicyclic) bond motifs is 1. The van der Waals surface area contributed by atoms with Gasteiger partial charge in [0.2, 0.25) is 11.7 Å². The summed E-state index contributed by atoms with van der Waals surface area (Å²) in [5.41, 5.74) is 1.58. The Morgan fingerprint density at radius 2 is 2.04 bits per heavy atom. The lowest BCUT2D eigenvalue weighted by Gasteiger charge is -2.16. The number of rotatable bonds is 6. The van der Waals surface area contributed by atoms with Gasteiger partial charge in [-0.1, -0.05) is 41.6 Å². The highest BCUT2D eigenvalue weighted by molar-refractivity contribution is 8.00. The predicted octanol–water partition coefficient (Wildman–Crippen LogP) is 5.14. The van der Waals surface area contributed by atoms with Crippen LogP contribution >= 0.6 is 11.8 Å². The zero-order valence-corrected chi connectivity index (χ0v) is 16.4. The number of carbonyl (C=O) groups is 1. The number of benzene rings is 1. The molecule has 2 aromatic rings. The van der Waals surface area contributed by atoms with Gasteiger partial charge in [-0.25, -0.2) is 9.97 Å². The molecule has 4 nitrogen and oxygen atoms in total. The third-order valence-corrected chi connectivity index (χ3v) is 5.71. The molecule has 1 heterocycles. The van der Waals surface area contributed by atoms with Crippen LogP contribution in [-0.4, -0.2) is 27.7 Å². The Kier molecular flexibility index (Phi) is 6.59. The standard InChI is InChI=1S/C20H22F3N3OS/c1-13(17(27)24-12-11-14-7-3-2-4-8-14)28-18-15-9-5-6-10-16(15)25-19(26-18)20(21,22)23/h5-7,9-10,13H,2-4,8,11-12H2,1H3,(H,24,27)/t13-/m1/s1. The van der Waals surface area contributed by atoms with E-state index in [1.54, 1.807) is 25.1 Å². The molecule has 1 amide bonds. The quantitative estimate of drug-likeness (QED) is 0.408. The third kappa shape index (κ3) is 5.25. The van der Waals surface area contributed by atoms with Gasteiger partial charge in [-0.3, -0.25) is 4.79 Å². The summed E-state index contributed by atoms with van der Waals surface area (Å²) in [7, 11) is 0. The smallest absolute Gasteiger partial charge is 0.355 e. The molecule has 1 aliphatic rings. The van der Waals surface area contributed by atoms with Crippen LogP contribution in [0.15, 0.2) is 40.9 Å². The highest BCUT2D eigenvalue weighted by Crippen LogP contribution is 2.33. The van der Waals surface area contributed by atoms with E-state index in [-0.39, 0.29) is 16.4 Å². The van der Waals surface area contributed by atoms with Crippen LogP contribution in [0.5, 0.6) is 0 Å². The number of thioether (sulfide) groups is 1. The first-order valence-electron chi connectivity index (χ1n) is 9.31. The van der Waals surface area contributed by atoms with Gasteiger partial charge in [0.25, 0.3) is 0 Å². The van der Waals surface area contributed by atoms with Crippen LogP contribution in [0.2, 0.25) is 0 Å². The number of para-hydroxylation sites is 1. The van der Waals surface area contributed by atoms with Gasteiger partial charge >= 0.3 is 6.18 Å². The van der Waals surface area contributed by atoms with E-state index in [1.165, 1.54) is 24.5 Å². The molecular formula is C20H22F3N3OS. The molecule has 0 saturated carbocycles. The number of allylic oxidation sites excluding steroid dienone is 1. The van der Waals surface area contributed by atoms with Gasteiger partial charge in [0, 0.05) is 11.9 Å². The van der Waals surface area contributed by atoms with Gasteiger partial charge in [0.1, 0.15) is 5.03 Å². The molecule has 1 N–H and O–H groups in total. The van der Waals surface area contributed by atoms with E-state index >= 15 is 0 Å². The Morgan fingerprint density at radius 3 is 2.75 bits per heavy atom. The SMILES string of the molecule is C[C@@H](Sc1nc(C(F)(F)F)nc2ccccc12)C(=O)NCCC1=CCCCC1. The molecule has 0 saturated heterocycles. The van der Waals surface area contributed by atoms with Crippen LogP contribution in [-0.2, 0) is 11.0 Å². The van der Waals surface area contributed by atoms with Crippen LogP contribution in [0.25, 0.3) is 10.9 Å². The maximum Gasteiger partial charge on any atom is 0.451 e. The van der Waals surface area contributed by atoms with E-state index in [2.05, 4.69) is 21.4 Å². The fourth-order valence-corrected chi connectivity index (χ4v) is 4.07. The minimum absolute atomic E-state index is 0.163. The first-order valence-corrected chi connectivity index (χ1v) is 10.2. The molecule has 1 aromatic heterocycles. The number of nitrogens with zero attached hydrogens (tertiary/aromatic N) is 2. The summed E-state index contributed by atoms with van der Waals surface area (Å²) in [4.78, 5) is 19.7. The second-order valence-corrected chi connectivity index (χ2v) is 8.11. The fourth-order valence-electron chi connectivity index (χ4n) is 3.11. The predicted molar refractivity (Wildman–Crippen MR) is 104 cm³/mol.